The molecule has 0 atom stereocenters. The summed E-state index contributed by atoms with van der Waals surface area (Å²) in [5.41, 5.74) is 0. The fourth-order valence-electron chi connectivity index (χ4n) is 0.420. The zero-order valence-corrected chi connectivity index (χ0v) is 7.81. The van der Waals surface area contributed by atoms with Gasteiger partial charge in [-0.15, -0.1) is 0 Å². The monoisotopic (exact) mass is 182 g/mol. The maximum absolute atomic E-state index is 11.0. The van der Waals surface area contributed by atoms with Crippen LogP contribution in [0.3, 0.4) is 0 Å². The highest BCUT2D eigenvalue weighted by Gasteiger charge is 2.14. The van der Waals surface area contributed by atoms with Crippen molar-refractivity contribution in [3.8, 4) is 0 Å². The number of rotatable bonds is 5. The Morgan fingerprint density at radius 1 is 1.55 bits per heavy atom. The van der Waals surface area contributed by atoms with Crippen LogP contribution in [0.15, 0.2) is 0 Å². The van der Waals surface area contributed by atoms with Gasteiger partial charge in [0, 0.05) is 13.6 Å². The lowest BCUT2D eigenvalue weighted by Gasteiger charge is -2.13. The Bertz CT molecular complexity index is 190. The summed E-state index contributed by atoms with van der Waals surface area (Å²) >= 11 is 0. The van der Waals surface area contributed by atoms with E-state index < -0.39 is 10.2 Å². The van der Waals surface area contributed by atoms with Crippen LogP contribution in [0.4, 0.5) is 0 Å². The first kappa shape index (κ1) is 10.8. The summed E-state index contributed by atoms with van der Waals surface area (Å²) in [6.45, 7) is 2.31. The number of nitrogens with one attached hydrogen (secondary N) is 1. The van der Waals surface area contributed by atoms with E-state index in [0.29, 0.717) is 6.54 Å². The number of hydrogen-bond acceptors (Lipinski definition) is 3. The lowest BCUT2D eigenvalue weighted by Crippen LogP contribution is -2.37. The van der Waals surface area contributed by atoms with E-state index in [9.17, 15) is 8.42 Å². The molecule has 68 valence electrons. The highest BCUT2D eigenvalue weighted by molar-refractivity contribution is 7.86. The van der Waals surface area contributed by atoms with E-state index >= 15 is 0 Å². The van der Waals surface area contributed by atoms with Crippen molar-refractivity contribution in [3.63, 3.8) is 0 Å². The molecule has 0 radical (unpaired) electrons. The first-order chi connectivity index (χ1) is 5.04. The summed E-state index contributed by atoms with van der Waals surface area (Å²) in [6, 6.07) is 0. The van der Waals surface area contributed by atoms with Crippen LogP contribution in [0, 0.1) is 0 Å². The molecule has 0 fully saturated rings. The predicted octanol–water partition coefficient (Wildman–Crippen LogP) is -0.276. The van der Waals surface area contributed by atoms with Crippen LogP contribution in [0.2, 0.25) is 0 Å². The summed E-state index contributed by atoms with van der Waals surface area (Å²) in [5.74, 6) is 0. The van der Waals surface area contributed by atoms with Crippen LogP contribution in [-0.2, 0) is 15.0 Å². The summed E-state index contributed by atoms with van der Waals surface area (Å²) in [4.78, 5) is 4.49. The van der Waals surface area contributed by atoms with Gasteiger partial charge in [0.15, 0.2) is 0 Å². The Kier molecular flexibility index (Phi) is 4.58. The Balaban J connectivity index is 4.01. The summed E-state index contributed by atoms with van der Waals surface area (Å²) in [6.07, 6.45) is 0.761. The lowest BCUT2D eigenvalue weighted by atomic mass is 10.5. The topological polar surface area (TPSA) is 58.6 Å². The smallest absolute Gasteiger partial charge is 0.287 e. The molecule has 0 aromatic heterocycles. The molecule has 6 heteroatoms. The van der Waals surface area contributed by atoms with Crippen molar-refractivity contribution in [3.05, 3.63) is 0 Å². The van der Waals surface area contributed by atoms with Gasteiger partial charge in [-0.3, -0.25) is 4.84 Å². The predicted molar refractivity (Wildman–Crippen MR) is 42.0 cm³/mol. The number of hydroxylamine groups is 1. The Hall–Kier alpha value is -0.170. The molecular formula is C5H14N2O3S. The second-order valence-corrected chi connectivity index (χ2v) is 3.74. The summed E-state index contributed by atoms with van der Waals surface area (Å²) in [5, 5.41) is 0. The maximum Gasteiger partial charge on any atom is 0.301 e. The highest BCUT2D eigenvalue weighted by atomic mass is 32.2. The van der Waals surface area contributed by atoms with E-state index in [0.717, 1.165) is 10.9 Å². The molecule has 11 heavy (non-hydrogen) atoms. The van der Waals surface area contributed by atoms with E-state index in [1.807, 2.05) is 6.92 Å². The summed E-state index contributed by atoms with van der Waals surface area (Å²) in [7, 11) is -0.783. The van der Waals surface area contributed by atoms with E-state index in [2.05, 4.69) is 9.56 Å². The SMILES string of the molecule is CCCNS(=O)(=O)N(C)OC. The van der Waals surface area contributed by atoms with Crippen molar-refractivity contribution in [1.82, 2.24) is 9.19 Å². The molecule has 0 saturated carbocycles. The van der Waals surface area contributed by atoms with Gasteiger partial charge in [0.2, 0.25) is 0 Å². The molecule has 0 rings (SSSR count). The second-order valence-electron chi connectivity index (χ2n) is 1.99. The highest BCUT2D eigenvalue weighted by Crippen LogP contribution is 1.91. The van der Waals surface area contributed by atoms with E-state index in [-0.39, 0.29) is 0 Å². The van der Waals surface area contributed by atoms with Gasteiger partial charge in [-0.2, -0.15) is 8.42 Å². The second kappa shape index (κ2) is 4.66. The van der Waals surface area contributed by atoms with Gasteiger partial charge in [-0.25, -0.2) is 4.72 Å². The van der Waals surface area contributed by atoms with Gasteiger partial charge in [0.25, 0.3) is 0 Å². The van der Waals surface area contributed by atoms with Gasteiger partial charge in [-0.1, -0.05) is 11.4 Å². The van der Waals surface area contributed by atoms with Crippen molar-refractivity contribution in [2.24, 2.45) is 0 Å². The van der Waals surface area contributed by atoms with Gasteiger partial charge < -0.3 is 0 Å². The van der Waals surface area contributed by atoms with Gasteiger partial charge in [-0.05, 0) is 6.42 Å². The zero-order chi connectivity index (χ0) is 8.91. The first-order valence-corrected chi connectivity index (χ1v) is 4.76. The molecule has 0 bridgehead atoms. The fraction of sp³-hybridized carbons (Fsp3) is 1.00. The minimum absolute atomic E-state index is 0.427. The molecule has 0 spiro atoms. The van der Waals surface area contributed by atoms with Crippen molar-refractivity contribution in [1.29, 1.82) is 0 Å². The van der Waals surface area contributed by atoms with Crippen LogP contribution >= 0.6 is 0 Å². The molecule has 0 amide bonds. The molecular weight excluding hydrogens is 168 g/mol. The van der Waals surface area contributed by atoms with Gasteiger partial charge >= 0.3 is 10.2 Å². The average Bonchev–Trinajstić information content (AvgIpc) is 1.99. The largest absolute Gasteiger partial charge is 0.301 e. The third-order valence-electron chi connectivity index (χ3n) is 1.13. The Morgan fingerprint density at radius 2 is 2.09 bits per heavy atom. The zero-order valence-electron chi connectivity index (χ0n) is 6.99. The molecule has 0 aromatic rings. The number of hydrogen-bond donors (Lipinski definition) is 1. The van der Waals surface area contributed by atoms with E-state index in [4.69, 9.17) is 0 Å². The van der Waals surface area contributed by atoms with Crippen LogP contribution in [0.1, 0.15) is 13.3 Å². The standard InChI is InChI=1S/C5H14N2O3S/c1-4-5-6-11(8,9)7(2)10-3/h6H,4-5H2,1-3H3. The minimum atomic E-state index is -3.41. The quantitative estimate of drug-likeness (QED) is 0.595. The Morgan fingerprint density at radius 3 is 2.45 bits per heavy atom. The lowest BCUT2D eigenvalue weighted by molar-refractivity contribution is -0.0270. The average molecular weight is 182 g/mol. The molecule has 0 heterocycles. The van der Waals surface area contributed by atoms with Crippen molar-refractivity contribution < 1.29 is 13.3 Å². The molecule has 0 aliphatic carbocycles. The van der Waals surface area contributed by atoms with Crippen LogP contribution in [0.25, 0.3) is 0 Å². The normalized spacial score (nSPS) is 12.4. The summed E-state index contributed by atoms with van der Waals surface area (Å²) < 4.78 is 25.1. The molecule has 1 N–H and O–H groups in total. The molecule has 0 aliphatic rings. The van der Waals surface area contributed by atoms with Crippen LogP contribution < -0.4 is 4.72 Å². The third-order valence-corrected chi connectivity index (χ3v) is 2.53. The van der Waals surface area contributed by atoms with Gasteiger partial charge in [0.05, 0.1) is 7.11 Å². The van der Waals surface area contributed by atoms with Gasteiger partial charge in [0.1, 0.15) is 0 Å². The maximum atomic E-state index is 11.0. The Labute approximate surface area is 67.5 Å². The number of nitrogens with zero attached hydrogens (tertiary/aromatic N) is 1. The van der Waals surface area contributed by atoms with E-state index in [1.165, 1.54) is 14.2 Å². The molecule has 5 nitrogen and oxygen atoms in total. The third kappa shape index (κ3) is 3.66. The van der Waals surface area contributed by atoms with Crippen molar-refractivity contribution in [2.75, 3.05) is 20.7 Å². The van der Waals surface area contributed by atoms with E-state index in [1.54, 1.807) is 0 Å². The van der Waals surface area contributed by atoms with Crippen molar-refractivity contribution >= 4 is 10.2 Å². The molecule has 0 aliphatic heterocycles. The fourth-order valence-corrected chi connectivity index (χ4v) is 1.26. The minimum Gasteiger partial charge on any atom is -0.287 e. The molecule has 0 unspecified atom stereocenters. The van der Waals surface area contributed by atoms with Crippen molar-refractivity contribution in [2.45, 2.75) is 13.3 Å². The van der Waals surface area contributed by atoms with Crippen LogP contribution in [-0.4, -0.2) is 33.6 Å². The van der Waals surface area contributed by atoms with Crippen LogP contribution in [0.5, 0.6) is 0 Å². The molecule has 0 aromatic carbocycles. The molecule has 0 saturated heterocycles. The first-order valence-electron chi connectivity index (χ1n) is 3.32.